The number of rotatable bonds is 8. The van der Waals surface area contributed by atoms with Crippen LogP contribution in [0.1, 0.15) is 18.4 Å². The average molecular weight is 472 g/mol. The van der Waals surface area contributed by atoms with Crippen molar-refractivity contribution < 1.29 is 4.74 Å². The van der Waals surface area contributed by atoms with Gasteiger partial charge in [-0.25, -0.2) is 19.9 Å². The number of nitrogens with zero attached hydrogens (tertiary/aromatic N) is 5. The van der Waals surface area contributed by atoms with Gasteiger partial charge in [-0.15, -0.1) is 0 Å². The van der Waals surface area contributed by atoms with Crippen molar-refractivity contribution in [3.8, 4) is 17.0 Å². The molecule has 1 aromatic carbocycles. The highest BCUT2D eigenvalue weighted by atomic mass is 16.5. The number of methoxy groups -OCH3 is 1. The third kappa shape index (κ3) is 4.89. The molecule has 1 aliphatic carbocycles. The van der Waals surface area contributed by atoms with Crippen molar-refractivity contribution in [3.63, 3.8) is 0 Å². The number of imidazole rings is 1. The van der Waals surface area contributed by atoms with E-state index >= 15 is 0 Å². The van der Waals surface area contributed by atoms with E-state index in [0.29, 0.717) is 17.7 Å². The highest BCUT2D eigenvalue weighted by Crippen LogP contribution is 2.36. The zero-order valence-electron chi connectivity index (χ0n) is 19.7. The number of benzene rings is 1. The van der Waals surface area contributed by atoms with Crippen LogP contribution < -0.4 is 20.7 Å². The number of piperazine rings is 1. The quantitative estimate of drug-likeness (QED) is 0.307. The second kappa shape index (κ2) is 9.47. The first-order valence-corrected chi connectivity index (χ1v) is 12.1. The maximum atomic E-state index is 5.68. The molecule has 2 aliphatic rings. The molecule has 1 saturated heterocycles. The molecule has 2 fully saturated rings. The van der Waals surface area contributed by atoms with E-state index in [-0.39, 0.29) is 0 Å². The predicted molar refractivity (Wildman–Crippen MR) is 136 cm³/mol. The number of anilines is 3. The van der Waals surface area contributed by atoms with Crippen molar-refractivity contribution in [3.05, 3.63) is 48.4 Å². The molecule has 0 atom stereocenters. The SMILES string of the molecule is COc1c(NC2CC2)ncnc1-c1ccc2nc(Nc3cc(CN4CCNCC4)ccn3)[nH]c2c1. The molecule has 0 radical (unpaired) electrons. The number of hydrogen-bond acceptors (Lipinski definition) is 9. The summed E-state index contributed by atoms with van der Waals surface area (Å²) < 4.78 is 5.68. The summed E-state index contributed by atoms with van der Waals surface area (Å²) in [6, 6.07) is 10.6. The summed E-state index contributed by atoms with van der Waals surface area (Å²) in [6.45, 7) is 5.12. The van der Waals surface area contributed by atoms with E-state index in [1.165, 1.54) is 5.56 Å². The minimum Gasteiger partial charge on any atom is -0.491 e. The minimum atomic E-state index is 0.472. The first kappa shape index (κ1) is 21.8. The van der Waals surface area contributed by atoms with Crippen LogP contribution in [-0.4, -0.2) is 69.2 Å². The summed E-state index contributed by atoms with van der Waals surface area (Å²) in [4.78, 5) is 23.9. The van der Waals surface area contributed by atoms with Crippen LogP contribution in [0.4, 0.5) is 17.6 Å². The molecule has 0 unspecified atom stereocenters. The summed E-state index contributed by atoms with van der Waals surface area (Å²) in [6.07, 6.45) is 5.73. The van der Waals surface area contributed by atoms with Gasteiger partial charge < -0.3 is 25.7 Å². The van der Waals surface area contributed by atoms with Crippen LogP contribution in [0.5, 0.6) is 5.75 Å². The average Bonchev–Trinajstić information content (AvgIpc) is 3.61. The van der Waals surface area contributed by atoms with Gasteiger partial charge in [0.1, 0.15) is 17.8 Å². The predicted octanol–water partition coefficient (Wildman–Crippen LogP) is 3.15. The van der Waals surface area contributed by atoms with Gasteiger partial charge >= 0.3 is 0 Å². The van der Waals surface area contributed by atoms with Gasteiger partial charge in [0, 0.05) is 50.5 Å². The molecule has 10 nitrogen and oxygen atoms in total. The fourth-order valence-electron chi connectivity index (χ4n) is 4.40. The molecule has 4 heterocycles. The maximum absolute atomic E-state index is 5.68. The van der Waals surface area contributed by atoms with E-state index in [9.17, 15) is 0 Å². The topological polar surface area (TPSA) is 116 Å². The summed E-state index contributed by atoms with van der Waals surface area (Å²) in [5.74, 6) is 2.81. The number of fused-ring (bicyclic) bond motifs is 1. The van der Waals surface area contributed by atoms with Crippen LogP contribution in [0.15, 0.2) is 42.9 Å². The van der Waals surface area contributed by atoms with E-state index in [4.69, 9.17) is 9.72 Å². The summed E-state index contributed by atoms with van der Waals surface area (Å²) in [7, 11) is 1.65. The number of hydrogen-bond donors (Lipinski definition) is 4. The standard InChI is InChI=1S/C25H29N9O/c1-35-23-22(28-15-29-24(23)30-18-3-4-18)17-2-5-19-20(13-17)32-25(31-19)33-21-12-16(6-7-27-21)14-34-10-8-26-9-11-34/h2,5-7,12-13,15,18,26H,3-4,8-11,14H2,1H3,(H,28,29,30)(H2,27,31,32,33). The van der Waals surface area contributed by atoms with Crippen LogP contribution in [-0.2, 0) is 6.54 Å². The van der Waals surface area contributed by atoms with E-state index in [2.05, 4.69) is 52.9 Å². The Balaban J connectivity index is 1.22. The fraction of sp³-hybridized carbons (Fsp3) is 0.360. The molecule has 0 amide bonds. The molecule has 6 rings (SSSR count). The fourth-order valence-corrected chi connectivity index (χ4v) is 4.40. The molecule has 0 bridgehead atoms. The van der Waals surface area contributed by atoms with Crippen LogP contribution in [0.25, 0.3) is 22.3 Å². The van der Waals surface area contributed by atoms with Crippen molar-refractivity contribution >= 4 is 28.6 Å². The van der Waals surface area contributed by atoms with Gasteiger partial charge in [-0.1, -0.05) is 6.07 Å². The second-order valence-electron chi connectivity index (χ2n) is 9.04. The third-order valence-corrected chi connectivity index (χ3v) is 6.37. The molecular formula is C25H29N9O. The Morgan fingerprint density at radius 1 is 1.09 bits per heavy atom. The number of nitrogens with one attached hydrogen (secondary N) is 4. The number of aromatic amines is 1. The van der Waals surface area contributed by atoms with Gasteiger partial charge in [0.05, 0.1) is 18.1 Å². The summed E-state index contributed by atoms with van der Waals surface area (Å²) >= 11 is 0. The smallest absolute Gasteiger partial charge is 0.206 e. The zero-order chi connectivity index (χ0) is 23.6. The molecule has 4 aromatic rings. The van der Waals surface area contributed by atoms with Gasteiger partial charge in [0.25, 0.3) is 0 Å². The Morgan fingerprint density at radius 3 is 2.80 bits per heavy atom. The van der Waals surface area contributed by atoms with Crippen molar-refractivity contribution in [2.75, 3.05) is 43.9 Å². The molecule has 35 heavy (non-hydrogen) atoms. The largest absolute Gasteiger partial charge is 0.491 e. The maximum Gasteiger partial charge on any atom is 0.206 e. The lowest BCUT2D eigenvalue weighted by atomic mass is 10.1. The van der Waals surface area contributed by atoms with Crippen molar-refractivity contribution in [2.45, 2.75) is 25.4 Å². The lowest BCUT2D eigenvalue weighted by molar-refractivity contribution is 0.233. The highest BCUT2D eigenvalue weighted by Gasteiger charge is 2.24. The molecule has 180 valence electrons. The lowest BCUT2D eigenvalue weighted by Gasteiger charge is -2.27. The minimum absolute atomic E-state index is 0.472. The molecule has 4 N–H and O–H groups in total. The first-order chi connectivity index (χ1) is 17.2. The highest BCUT2D eigenvalue weighted by molar-refractivity contribution is 5.85. The molecular weight excluding hydrogens is 442 g/mol. The Labute approximate surface area is 203 Å². The van der Waals surface area contributed by atoms with E-state index < -0.39 is 0 Å². The number of aromatic nitrogens is 5. The Kier molecular flexibility index (Phi) is 5.89. The normalized spacial score (nSPS) is 16.4. The first-order valence-electron chi connectivity index (χ1n) is 12.1. The van der Waals surface area contributed by atoms with Gasteiger partial charge in [0.15, 0.2) is 11.6 Å². The monoisotopic (exact) mass is 471 g/mol. The van der Waals surface area contributed by atoms with E-state index in [1.54, 1.807) is 13.4 Å². The Morgan fingerprint density at radius 2 is 1.97 bits per heavy atom. The van der Waals surface area contributed by atoms with Crippen molar-refractivity contribution in [1.82, 2.24) is 35.1 Å². The number of H-pyrrole nitrogens is 1. The molecule has 10 heteroatoms. The molecule has 3 aromatic heterocycles. The Bertz CT molecular complexity index is 1330. The van der Waals surface area contributed by atoms with Crippen molar-refractivity contribution in [1.29, 1.82) is 0 Å². The van der Waals surface area contributed by atoms with Crippen LogP contribution in [0, 0.1) is 0 Å². The van der Waals surface area contributed by atoms with Crippen LogP contribution in [0.2, 0.25) is 0 Å². The van der Waals surface area contributed by atoms with Gasteiger partial charge in [-0.3, -0.25) is 4.90 Å². The molecule has 1 aliphatic heterocycles. The summed E-state index contributed by atoms with van der Waals surface area (Å²) in [5.41, 5.74) is 4.67. The van der Waals surface area contributed by atoms with Crippen molar-refractivity contribution in [2.24, 2.45) is 0 Å². The molecule has 1 saturated carbocycles. The van der Waals surface area contributed by atoms with Gasteiger partial charge in [0.2, 0.25) is 5.95 Å². The third-order valence-electron chi connectivity index (χ3n) is 6.37. The molecule has 0 spiro atoms. The lowest BCUT2D eigenvalue weighted by Crippen LogP contribution is -2.42. The summed E-state index contributed by atoms with van der Waals surface area (Å²) in [5, 5.41) is 10.1. The number of pyridine rings is 1. The van der Waals surface area contributed by atoms with E-state index in [0.717, 1.165) is 79.5 Å². The van der Waals surface area contributed by atoms with E-state index in [1.807, 2.05) is 24.4 Å². The number of ether oxygens (including phenoxy) is 1. The van der Waals surface area contributed by atoms with Gasteiger partial charge in [-0.2, -0.15) is 0 Å². The second-order valence-corrected chi connectivity index (χ2v) is 9.04. The zero-order valence-corrected chi connectivity index (χ0v) is 19.7. The Hall–Kier alpha value is -3.76. The van der Waals surface area contributed by atoms with Crippen LogP contribution >= 0.6 is 0 Å². The van der Waals surface area contributed by atoms with Gasteiger partial charge in [-0.05, 0) is 42.7 Å². The van der Waals surface area contributed by atoms with Crippen LogP contribution in [0.3, 0.4) is 0 Å².